The average molecular weight is 314 g/mol. The molecule has 0 fully saturated rings. The zero-order valence-corrected chi connectivity index (χ0v) is 11.6. The lowest BCUT2D eigenvalue weighted by atomic mass is 10.1. The Bertz CT molecular complexity index is 436. The smallest absolute Gasteiger partial charge is 0.161 e. The summed E-state index contributed by atoms with van der Waals surface area (Å²) in [6, 6.07) is 5.50. The molecule has 1 aliphatic heterocycles. The van der Waals surface area contributed by atoms with Crippen LogP contribution in [0.25, 0.3) is 0 Å². The van der Waals surface area contributed by atoms with Crippen LogP contribution in [0.15, 0.2) is 29.3 Å². The van der Waals surface area contributed by atoms with Gasteiger partial charge in [-0.2, -0.15) is 0 Å². The van der Waals surface area contributed by atoms with Crippen molar-refractivity contribution in [2.45, 2.75) is 6.10 Å². The molecular weight excluding hydrogens is 298 g/mol. The van der Waals surface area contributed by atoms with E-state index in [9.17, 15) is 5.11 Å². The fraction of sp³-hybridized carbons (Fsp3) is 0.385. The molecule has 2 N–H and O–H groups in total. The summed E-state index contributed by atoms with van der Waals surface area (Å²) in [7, 11) is 0. The molecule has 1 heterocycles. The highest BCUT2D eigenvalue weighted by molar-refractivity contribution is 9.11. The van der Waals surface area contributed by atoms with Crippen molar-refractivity contribution in [1.29, 1.82) is 0 Å². The number of benzene rings is 1. The number of ether oxygens (including phenoxy) is 2. The van der Waals surface area contributed by atoms with Crippen LogP contribution < -0.4 is 14.8 Å². The number of aliphatic hydroxyl groups excluding tert-OH is 1. The van der Waals surface area contributed by atoms with Crippen molar-refractivity contribution in [3.8, 4) is 11.5 Å². The van der Waals surface area contributed by atoms with E-state index in [-0.39, 0.29) is 0 Å². The lowest BCUT2D eigenvalue weighted by Crippen LogP contribution is -2.22. The van der Waals surface area contributed by atoms with Gasteiger partial charge in [0.1, 0.15) is 13.2 Å². The third kappa shape index (κ3) is 3.48. The fourth-order valence-corrected chi connectivity index (χ4v) is 1.93. The van der Waals surface area contributed by atoms with Gasteiger partial charge in [0.15, 0.2) is 11.5 Å². The monoisotopic (exact) mass is 313 g/mol. The minimum atomic E-state index is -0.576. The first-order valence-corrected chi connectivity index (χ1v) is 6.57. The number of rotatable bonds is 5. The topological polar surface area (TPSA) is 50.7 Å². The largest absolute Gasteiger partial charge is 0.486 e. The summed E-state index contributed by atoms with van der Waals surface area (Å²) >= 11 is 3.25. The molecule has 1 atom stereocenters. The van der Waals surface area contributed by atoms with Crippen LogP contribution in [0.4, 0.5) is 0 Å². The van der Waals surface area contributed by atoms with Crippen LogP contribution in [0.3, 0.4) is 0 Å². The number of hydrogen-bond donors (Lipinski definition) is 2. The second kappa shape index (κ2) is 6.22. The number of fused-ring (bicyclic) bond motifs is 1. The van der Waals surface area contributed by atoms with E-state index in [0.717, 1.165) is 15.8 Å². The SMILES string of the molecule is C=C(Br)CNCC(O)c1ccc2c(c1)OCCO2. The van der Waals surface area contributed by atoms with Gasteiger partial charge in [-0.25, -0.2) is 0 Å². The number of hydrogen-bond acceptors (Lipinski definition) is 4. The Labute approximate surface area is 115 Å². The molecule has 4 nitrogen and oxygen atoms in total. The Morgan fingerprint density at radius 1 is 1.39 bits per heavy atom. The molecule has 1 unspecified atom stereocenters. The second-order valence-electron chi connectivity index (χ2n) is 4.07. The van der Waals surface area contributed by atoms with E-state index in [0.29, 0.717) is 32.1 Å². The molecule has 0 saturated carbocycles. The average Bonchev–Trinajstić information content (AvgIpc) is 2.37. The highest BCUT2D eigenvalue weighted by Crippen LogP contribution is 2.32. The van der Waals surface area contributed by atoms with Crippen molar-refractivity contribution in [2.75, 3.05) is 26.3 Å². The lowest BCUT2D eigenvalue weighted by Gasteiger charge is -2.20. The van der Waals surface area contributed by atoms with Crippen molar-refractivity contribution in [3.05, 3.63) is 34.8 Å². The van der Waals surface area contributed by atoms with Crippen LogP contribution in [-0.2, 0) is 0 Å². The van der Waals surface area contributed by atoms with E-state index in [4.69, 9.17) is 9.47 Å². The first-order valence-electron chi connectivity index (χ1n) is 5.78. The highest BCUT2D eigenvalue weighted by Gasteiger charge is 2.15. The lowest BCUT2D eigenvalue weighted by molar-refractivity contribution is 0.164. The molecule has 5 heteroatoms. The van der Waals surface area contributed by atoms with E-state index in [2.05, 4.69) is 27.8 Å². The van der Waals surface area contributed by atoms with Gasteiger partial charge in [0.25, 0.3) is 0 Å². The van der Waals surface area contributed by atoms with Crippen LogP contribution >= 0.6 is 15.9 Å². The van der Waals surface area contributed by atoms with Crippen LogP contribution in [-0.4, -0.2) is 31.4 Å². The Morgan fingerprint density at radius 3 is 2.83 bits per heavy atom. The van der Waals surface area contributed by atoms with E-state index in [1.54, 1.807) is 0 Å². The van der Waals surface area contributed by atoms with Gasteiger partial charge < -0.3 is 19.9 Å². The maximum absolute atomic E-state index is 10.0. The van der Waals surface area contributed by atoms with Crippen molar-refractivity contribution < 1.29 is 14.6 Å². The summed E-state index contributed by atoms with van der Waals surface area (Å²) in [4.78, 5) is 0. The van der Waals surface area contributed by atoms with Crippen molar-refractivity contribution >= 4 is 15.9 Å². The molecule has 0 saturated heterocycles. The van der Waals surface area contributed by atoms with E-state index in [1.165, 1.54) is 0 Å². The molecule has 1 aromatic carbocycles. The predicted octanol–water partition coefficient (Wildman–Crippen LogP) is 1.99. The van der Waals surface area contributed by atoms with E-state index >= 15 is 0 Å². The molecule has 18 heavy (non-hydrogen) atoms. The van der Waals surface area contributed by atoms with E-state index in [1.807, 2.05) is 18.2 Å². The fourth-order valence-electron chi connectivity index (χ4n) is 1.73. The maximum atomic E-state index is 10.0. The Kier molecular flexibility index (Phi) is 4.63. The van der Waals surface area contributed by atoms with Crippen LogP contribution in [0.2, 0.25) is 0 Å². The molecule has 0 bridgehead atoms. The summed E-state index contributed by atoms with van der Waals surface area (Å²) in [6.07, 6.45) is -0.576. The zero-order chi connectivity index (χ0) is 13.0. The van der Waals surface area contributed by atoms with Crippen molar-refractivity contribution in [2.24, 2.45) is 0 Å². The predicted molar refractivity (Wildman–Crippen MR) is 73.3 cm³/mol. The number of nitrogens with one attached hydrogen (secondary N) is 1. The Morgan fingerprint density at radius 2 is 2.11 bits per heavy atom. The second-order valence-corrected chi connectivity index (χ2v) is 5.19. The minimum Gasteiger partial charge on any atom is -0.486 e. The summed E-state index contributed by atoms with van der Waals surface area (Å²) < 4.78 is 11.8. The van der Waals surface area contributed by atoms with Crippen LogP contribution in [0.1, 0.15) is 11.7 Å². The molecule has 2 rings (SSSR count). The van der Waals surface area contributed by atoms with Gasteiger partial charge in [0, 0.05) is 17.6 Å². The van der Waals surface area contributed by atoms with E-state index < -0.39 is 6.10 Å². The molecule has 1 aliphatic rings. The standard InChI is InChI=1S/C13H16BrNO3/c1-9(14)7-15-8-11(16)10-2-3-12-13(6-10)18-5-4-17-12/h2-3,6,11,15-16H,1,4-5,7-8H2. The molecule has 0 radical (unpaired) electrons. The first kappa shape index (κ1) is 13.4. The molecular formula is C13H16BrNO3. The summed E-state index contributed by atoms with van der Waals surface area (Å²) in [6.45, 7) is 5.93. The summed E-state index contributed by atoms with van der Waals surface area (Å²) in [5.41, 5.74) is 0.812. The van der Waals surface area contributed by atoms with Crippen molar-refractivity contribution in [3.63, 3.8) is 0 Å². The third-order valence-corrected chi connectivity index (χ3v) is 2.89. The minimum absolute atomic E-state index is 0.463. The molecule has 0 aromatic heterocycles. The van der Waals surface area contributed by atoms with Crippen LogP contribution in [0.5, 0.6) is 11.5 Å². The molecule has 0 spiro atoms. The number of aliphatic hydroxyl groups is 1. The van der Waals surface area contributed by atoms with Gasteiger partial charge in [-0.1, -0.05) is 28.6 Å². The normalized spacial score (nSPS) is 15.2. The summed E-state index contributed by atoms with van der Waals surface area (Å²) in [5.74, 6) is 1.43. The van der Waals surface area contributed by atoms with Gasteiger partial charge >= 0.3 is 0 Å². The molecule has 0 aliphatic carbocycles. The molecule has 1 aromatic rings. The highest BCUT2D eigenvalue weighted by atomic mass is 79.9. The van der Waals surface area contributed by atoms with Gasteiger partial charge in [-0.3, -0.25) is 0 Å². The van der Waals surface area contributed by atoms with Gasteiger partial charge in [-0.05, 0) is 17.7 Å². The van der Waals surface area contributed by atoms with Gasteiger partial charge in [0.2, 0.25) is 0 Å². The van der Waals surface area contributed by atoms with Crippen molar-refractivity contribution in [1.82, 2.24) is 5.32 Å². The Balaban J connectivity index is 1.97. The number of halogens is 1. The zero-order valence-electron chi connectivity index (χ0n) is 9.99. The van der Waals surface area contributed by atoms with Crippen LogP contribution in [0, 0.1) is 0 Å². The molecule has 98 valence electrons. The molecule has 0 amide bonds. The first-order chi connectivity index (χ1) is 8.66. The third-order valence-electron chi connectivity index (χ3n) is 2.61. The van der Waals surface area contributed by atoms with Gasteiger partial charge in [-0.15, -0.1) is 0 Å². The Hall–Kier alpha value is -1.04. The quantitative estimate of drug-likeness (QED) is 0.873. The van der Waals surface area contributed by atoms with Gasteiger partial charge in [0.05, 0.1) is 6.10 Å². The summed E-state index contributed by atoms with van der Waals surface area (Å²) in [5, 5.41) is 13.1. The maximum Gasteiger partial charge on any atom is 0.161 e.